The van der Waals surface area contributed by atoms with Gasteiger partial charge in [-0.1, -0.05) is 24.3 Å². The second-order valence-electron chi connectivity index (χ2n) is 4.17. The Morgan fingerprint density at radius 1 is 1.26 bits per heavy atom. The first-order valence-electron chi connectivity index (χ1n) is 5.88. The fourth-order valence-corrected chi connectivity index (χ4v) is 3.81. The largest absolute Gasteiger partial charge is 0.465 e. The standard InChI is InChI=1S/C15H12O2S2/c1-17-15(16)14-9-11-8-10(5-6-13(11)19-14)12-4-2-3-7-18-12/h2-9,12H,1H3. The number of allylic oxidation sites excluding steroid dienone is 2. The van der Waals surface area contributed by atoms with Gasteiger partial charge in [0, 0.05) is 4.70 Å². The van der Waals surface area contributed by atoms with Crippen molar-refractivity contribution in [2.24, 2.45) is 0 Å². The Bertz CT molecular complexity index is 683. The molecular formula is C15H12O2S2. The van der Waals surface area contributed by atoms with Crippen molar-refractivity contribution in [1.29, 1.82) is 0 Å². The van der Waals surface area contributed by atoms with Gasteiger partial charge >= 0.3 is 5.97 Å². The second kappa shape index (κ2) is 5.23. The molecule has 2 aromatic rings. The lowest BCUT2D eigenvalue weighted by molar-refractivity contribution is 0.0606. The van der Waals surface area contributed by atoms with Crippen LogP contribution in [-0.4, -0.2) is 13.1 Å². The molecule has 4 heteroatoms. The summed E-state index contributed by atoms with van der Waals surface area (Å²) < 4.78 is 5.87. The number of thioether (sulfide) groups is 1. The highest BCUT2D eigenvalue weighted by Gasteiger charge is 2.13. The van der Waals surface area contributed by atoms with Crippen LogP contribution in [0.15, 0.2) is 47.9 Å². The van der Waals surface area contributed by atoms with Gasteiger partial charge < -0.3 is 4.74 Å². The third-order valence-corrected chi connectivity index (χ3v) is 5.09. The van der Waals surface area contributed by atoms with E-state index in [2.05, 4.69) is 35.8 Å². The van der Waals surface area contributed by atoms with E-state index in [0.29, 0.717) is 10.1 Å². The number of benzene rings is 1. The van der Waals surface area contributed by atoms with Gasteiger partial charge in [0.25, 0.3) is 0 Å². The molecule has 0 fully saturated rings. The number of carbonyl (C=O) groups excluding carboxylic acids is 1. The molecule has 96 valence electrons. The summed E-state index contributed by atoms with van der Waals surface area (Å²) in [6, 6.07) is 8.26. The molecule has 0 N–H and O–H groups in total. The van der Waals surface area contributed by atoms with E-state index >= 15 is 0 Å². The van der Waals surface area contributed by atoms with Gasteiger partial charge in [-0.3, -0.25) is 0 Å². The number of rotatable bonds is 2. The average Bonchev–Trinajstić information content (AvgIpc) is 2.90. The van der Waals surface area contributed by atoms with Crippen LogP contribution in [0.5, 0.6) is 0 Å². The van der Waals surface area contributed by atoms with Crippen LogP contribution >= 0.6 is 23.1 Å². The van der Waals surface area contributed by atoms with Crippen molar-refractivity contribution in [1.82, 2.24) is 0 Å². The van der Waals surface area contributed by atoms with Gasteiger partial charge in [-0.05, 0) is 34.6 Å². The van der Waals surface area contributed by atoms with Crippen LogP contribution in [0.3, 0.4) is 0 Å². The van der Waals surface area contributed by atoms with E-state index < -0.39 is 0 Å². The fourth-order valence-electron chi connectivity index (χ4n) is 2.02. The van der Waals surface area contributed by atoms with Crippen molar-refractivity contribution in [3.8, 4) is 0 Å². The van der Waals surface area contributed by atoms with Crippen LogP contribution in [0.25, 0.3) is 10.1 Å². The normalized spacial score (nSPS) is 17.8. The highest BCUT2D eigenvalue weighted by atomic mass is 32.2. The summed E-state index contributed by atoms with van der Waals surface area (Å²) >= 11 is 3.26. The van der Waals surface area contributed by atoms with E-state index in [1.54, 1.807) is 11.8 Å². The number of esters is 1. The number of fused-ring (bicyclic) bond motifs is 1. The molecule has 1 aliphatic heterocycles. The molecule has 1 atom stereocenters. The summed E-state index contributed by atoms with van der Waals surface area (Å²) in [4.78, 5) is 12.2. The second-order valence-corrected chi connectivity index (χ2v) is 6.31. The first-order chi connectivity index (χ1) is 9.28. The zero-order chi connectivity index (χ0) is 13.2. The van der Waals surface area contributed by atoms with Crippen LogP contribution in [0.1, 0.15) is 20.5 Å². The molecule has 3 rings (SSSR count). The minimum absolute atomic E-state index is 0.266. The number of hydrogen-bond donors (Lipinski definition) is 0. The Hall–Kier alpha value is -1.52. The minimum Gasteiger partial charge on any atom is -0.465 e. The quantitative estimate of drug-likeness (QED) is 0.759. The van der Waals surface area contributed by atoms with E-state index in [1.807, 2.05) is 12.1 Å². The molecule has 0 saturated carbocycles. The Labute approximate surface area is 119 Å². The summed E-state index contributed by atoms with van der Waals surface area (Å²) in [6.45, 7) is 0. The lowest BCUT2D eigenvalue weighted by Gasteiger charge is -2.12. The summed E-state index contributed by atoms with van der Waals surface area (Å²) in [5.41, 5.74) is 1.26. The van der Waals surface area contributed by atoms with Gasteiger partial charge in [0.2, 0.25) is 0 Å². The van der Waals surface area contributed by atoms with Crippen molar-refractivity contribution in [3.63, 3.8) is 0 Å². The highest BCUT2D eigenvalue weighted by Crippen LogP contribution is 2.36. The monoisotopic (exact) mass is 288 g/mol. The molecule has 2 heterocycles. The number of methoxy groups -OCH3 is 1. The molecule has 1 aromatic carbocycles. The summed E-state index contributed by atoms with van der Waals surface area (Å²) in [5.74, 6) is -0.266. The Kier molecular flexibility index (Phi) is 3.44. The van der Waals surface area contributed by atoms with Crippen LogP contribution in [-0.2, 0) is 4.74 Å². The third kappa shape index (κ3) is 2.46. The van der Waals surface area contributed by atoms with E-state index in [4.69, 9.17) is 4.74 Å². The van der Waals surface area contributed by atoms with E-state index in [1.165, 1.54) is 24.0 Å². The van der Waals surface area contributed by atoms with Crippen LogP contribution in [0, 0.1) is 0 Å². The van der Waals surface area contributed by atoms with Crippen molar-refractivity contribution >= 4 is 39.2 Å². The molecule has 0 amide bonds. The van der Waals surface area contributed by atoms with E-state index in [-0.39, 0.29) is 5.97 Å². The predicted octanol–water partition coefficient (Wildman–Crippen LogP) is 4.55. The minimum atomic E-state index is -0.266. The maximum atomic E-state index is 11.5. The molecule has 1 aromatic heterocycles. The maximum absolute atomic E-state index is 11.5. The first kappa shape index (κ1) is 12.5. The van der Waals surface area contributed by atoms with E-state index in [9.17, 15) is 4.79 Å². The summed E-state index contributed by atoms with van der Waals surface area (Å²) in [7, 11) is 1.41. The zero-order valence-electron chi connectivity index (χ0n) is 10.3. The Morgan fingerprint density at radius 2 is 2.16 bits per heavy atom. The number of ether oxygens (including phenoxy) is 1. The van der Waals surface area contributed by atoms with Crippen molar-refractivity contribution in [2.45, 2.75) is 5.25 Å². The fraction of sp³-hybridized carbons (Fsp3) is 0.133. The highest BCUT2D eigenvalue weighted by molar-refractivity contribution is 8.02. The number of hydrogen-bond acceptors (Lipinski definition) is 4. The van der Waals surface area contributed by atoms with Crippen molar-refractivity contribution in [2.75, 3.05) is 7.11 Å². The van der Waals surface area contributed by atoms with Crippen LogP contribution < -0.4 is 0 Å². The number of thiophene rings is 1. The molecule has 1 unspecified atom stereocenters. The average molecular weight is 288 g/mol. The van der Waals surface area contributed by atoms with Gasteiger partial charge in [-0.25, -0.2) is 4.79 Å². The molecule has 1 aliphatic rings. The lowest BCUT2D eigenvalue weighted by atomic mass is 10.1. The zero-order valence-corrected chi connectivity index (χ0v) is 12.0. The molecule has 0 saturated heterocycles. The van der Waals surface area contributed by atoms with Crippen molar-refractivity contribution in [3.05, 3.63) is 58.3 Å². The van der Waals surface area contributed by atoms with Crippen LogP contribution in [0.2, 0.25) is 0 Å². The Balaban J connectivity index is 1.98. The summed E-state index contributed by atoms with van der Waals surface area (Å²) in [5, 5.41) is 3.56. The van der Waals surface area contributed by atoms with Gasteiger partial charge in [0.05, 0.1) is 12.4 Å². The lowest BCUT2D eigenvalue weighted by Crippen LogP contribution is -1.96. The molecule has 0 aliphatic carbocycles. The molecule has 0 bridgehead atoms. The van der Waals surface area contributed by atoms with Crippen LogP contribution in [0.4, 0.5) is 0 Å². The predicted molar refractivity (Wildman–Crippen MR) is 81.8 cm³/mol. The molecular weight excluding hydrogens is 276 g/mol. The SMILES string of the molecule is COC(=O)c1cc2cc(C3C=CC=CS3)ccc2s1. The molecule has 0 spiro atoms. The maximum Gasteiger partial charge on any atom is 0.348 e. The molecule has 0 radical (unpaired) electrons. The summed E-state index contributed by atoms with van der Waals surface area (Å²) in [6.07, 6.45) is 6.29. The van der Waals surface area contributed by atoms with Gasteiger partial charge in [0.15, 0.2) is 0 Å². The van der Waals surface area contributed by atoms with Gasteiger partial charge in [-0.2, -0.15) is 0 Å². The van der Waals surface area contributed by atoms with Gasteiger partial charge in [-0.15, -0.1) is 23.1 Å². The number of carbonyl (C=O) groups is 1. The Morgan fingerprint density at radius 3 is 2.89 bits per heavy atom. The van der Waals surface area contributed by atoms with Gasteiger partial charge in [0.1, 0.15) is 4.88 Å². The molecule has 2 nitrogen and oxygen atoms in total. The molecule has 19 heavy (non-hydrogen) atoms. The third-order valence-electron chi connectivity index (χ3n) is 2.96. The topological polar surface area (TPSA) is 26.3 Å². The van der Waals surface area contributed by atoms with Crippen molar-refractivity contribution < 1.29 is 9.53 Å². The van der Waals surface area contributed by atoms with E-state index in [0.717, 1.165) is 10.1 Å². The first-order valence-corrected chi connectivity index (χ1v) is 7.64. The smallest absolute Gasteiger partial charge is 0.348 e.